The van der Waals surface area contributed by atoms with E-state index in [-0.39, 0.29) is 12.1 Å². The highest BCUT2D eigenvalue weighted by molar-refractivity contribution is 9.11. The van der Waals surface area contributed by atoms with Gasteiger partial charge in [-0.25, -0.2) is 9.78 Å². The van der Waals surface area contributed by atoms with Crippen molar-refractivity contribution in [3.05, 3.63) is 45.2 Å². The van der Waals surface area contributed by atoms with Gasteiger partial charge in [0.2, 0.25) is 0 Å². The molecule has 2 amide bonds. The van der Waals surface area contributed by atoms with Crippen LogP contribution in [0.4, 0.5) is 10.6 Å². The summed E-state index contributed by atoms with van der Waals surface area (Å²) in [4.78, 5) is 19.8. The van der Waals surface area contributed by atoms with Gasteiger partial charge in [0.25, 0.3) is 0 Å². The Morgan fingerprint density at radius 1 is 1.30 bits per heavy atom. The lowest BCUT2D eigenvalue weighted by atomic mass is 10.1. The maximum absolute atomic E-state index is 12.0. The zero-order valence-corrected chi connectivity index (χ0v) is 15.1. The van der Waals surface area contributed by atoms with Crippen molar-refractivity contribution in [3.8, 4) is 0 Å². The molecule has 2 aromatic heterocycles. The number of piperidine rings is 1. The summed E-state index contributed by atoms with van der Waals surface area (Å²) in [5.74, 6) is 1.01. The Balaban J connectivity index is 1.41. The van der Waals surface area contributed by atoms with Gasteiger partial charge in [-0.2, -0.15) is 0 Å². The van der Waals surface area contributed by atoms with Crippen LogP contribution in [-0.4, -0.2) is 30.1 Å². The first-order valence-electron chi connectivity index (χ1n) is 7.65. The topological polar surface area (TPSA) is 57.3 Å². The molecule has 1 fully saturated rings. The van der Waals surface area contributed by atoms with E-state index in [2.05, 4.69) is 36.4 Å². The Labute approximate surface area is 148 Å². The van der Waals surface area contributed by atoms with Gasteiger partial charge in [0.1, 0.15) is 5.82 Å². The fourth-order valence-electron chi connectivity index (χ4n) is 2.64. The molecule has 0 atom stereocenters. The molecule has 1 aliphatic heterocycles. The van der Waals surface area contributed by atoms with Crippen LogP contribution in [-0.2, 0) is 6.54 Å². The van der Waals surface area contributed by atoms with E-state index in [0.717, 1.165) is 40.4 Å². The number of anilines is 1. The molecule has 23 heavy (non-hydrogen) atoms. The summed E-state index contributed by atoms with van der Waals surface area (Å²) in [6.45, 7) is 2.40. The van der Waals surface area contributed by atoms with Gasteiger partial charge in [-0.05, 0) is 53.0 Å². The molecule has 5 nitrogen and oxygen atoms in total. The lowest BCUT2D eigenvalue weighted by Crippen LogP contribution is -2.47. The van der Waals surface area contributed by atoms with Crippen molar-refractivity contribution in [2.45, 2.75) is 25.4 Å². The van der Waals surface area contributed by atoms with Gasteiger partial charge in [-0.1, -0.05) is 6.07 Å². The second-order valence-electron chi connectivity index (χ2n) is 5.48. The summed E-state index contributed by atoms with van der Waals surface area (Å²) in [5, 5.41) is 5.98. The molecule has 122 valence electrons. The standard InChI is InChI=1S/C16H19BrN4OS/c17-14-5-4-13(23-14)11-19-16(22)20-12-6-9-21(10-7-12)15-3-1-2-8-18-15/h1-5,8,12H,6-7,9-11H2,(H2,19,20,22). The first-order chi connectivity index (χ1) is 11.2. The number of nitrogens with one attached hydrogen (secondary N) is 2. The van der Waals surface area contributed by atoms with E-state index in [9.17, 15) is 4.79 Å². The van der Waals surface area contributed by atoms with E-state index < -0.39 is 0 Å². The van der Waals surface area contributed by atoms with Crippen LogP contribution in [0.5, 0.6) is 0 Å². The molecule has 0 bridgehead atoms. The molecule has 7 heteroatoms. The number of rotatable bonds is 4. The molecule has 0 spiro atoms. The average Bonchev–Trinajstić information content (AvgIpc) is 3.00. The van der Waals surface area contributed by atoms with Crippen LogP contribution in [0.1, 0.15) is 17.7 Å². The fourth-order valence-corrected chi connectivity index (χ4v) is 4.07. The Morgan fingerprint density at radius 2 is 2.13 bits per heavy atom. The van der Waals surface area contributed by atoms with Crippen molar-refractivity contribution < 1.29 is 4.79 Å². The van der Waals surface area contributed by atoms with Gasteiger partial charge >= 0.3 is 6.03 Å². The van der Waals surface area contributed by atoms with Crippen molar-refractivity contribution >= 4 is 39.1 Å². The molecule has 0 aromatic carbocycles. The van der Waals surface area contributed by atoms with Gasteiger partial charge in [0, 0.05) is 30.2 Å². The number of pyridine rings is 1. The zero-order valence-electron chi connectivity index (χ0n) is 12.7. The molecule has 1 saturated heterocycles. The van der Waals surface area contributed by atoms with Crippen LogP contribution < -0.4 is 15.5 Å². The average molecular weight is 395 g/mol. The molecule has 2 aromatic rings. The SMILES string of the molecule is O=C(NCc1ccc(Br)s1)NC1CCN(c2ccccn2)CC1. The molecule has 1 aliphatic rings. The molecular weight excluding hydrogens is 376 g/mol. The van der Waals surface area contributed by atoms with Crippen LogP contribution in [0.3, 0.4) is 0 Å². The summed E-state index contributed by atoms with van der Waals surface area (Å²) < 4.78 is 1.08. The van der Waals surface area contributed by atoms with Crippen LogP contribution >= 0.6 is 27.3 Å². The summed E-state index contributed by atoms with van der Waals surface area (Å²) >= 11 is 5.06. The number of hydrogen-bond donors (Lipinski definition) is 2. The molecule has 3 heterocycles. The maximum Gasteiger partial charge on any atom is 0.315 e. The largest absolute Gasteiger partial charge is 0.356 e. The monoisotopic (exact) mass is 394 g/mol. The molecular formula is C16H19BrN4OS. The molecule has 2 N–H and O–H groups in total. The summed E-state index contributed by atoms with van der Waals surface area (Å²) in [5.41, 5.74) is 0. The Kier molecular flexibility index (Phi) is 5.51. The van der Waals surface area contributed by atoms with E-state index >= 15 is 0 Å². The first-order valence-corrected chi connectivity index (χ1v) is 9.26. The van der Waals surface area contributed by atoms with Gasteiger partial charge in [0.05, 0.1) is 10.3 Å². The van der Waals surface area contributed by atoms with Gasteiger partial charge in [-0.15, -0.1) is 11.3 Å². The number of hydrogen-bond acceptors (Lipinski definition) is 4. The summed E-state index contributed by atoms with van der Waals surface area (Å²) in [6, 6.07) is 10.1. The third kappa shape index (κ3) is 4.68. The normalized spacial score (nSPS) is 15.4. The van der Waals surface area contributed by atoms with Crippen LogP contribution in [0, 0.1) is 0 Å². The number of amides is 2. The Bertz CT molecular complexity index is 641. The van der Waals surface area contributed by atoms with E-state index in [1.165, 1.54) is 0 Å². The maximum atomic E-state index is 12.0. The minimum absolute atomic E-state index is 0.0918. The van der Waals surface area contributed by atoms with Gasteiger partial charge in [0.15, 0.2) is 0 Å². The molecule has 3 rings (SSSR count). The van der Waals surface area contributed by atoms with E-state index in [1.807, 2.05) is 36.5 Å². The first kappa shape index (κ1) is 16.3. The van der Waals surface area contributed by atoms with Crippen molar-refractivity contribution in [1.29, 1.82) is 0 Å². The van der Waals surface area contributed by atoms with E-state index in [4.69, 9.17) is 0 Å². The summed E-state index contributed by atoms with van der Waals surface area (Å²) in [7, 11) is 0. The predicted molar refractivity (Wildman–Crippen MR) is 96.9 cm³/mol. The highest BCUT2D eigenvalue weighted by Gasteiger charge is 2.21. The molecule has 0 unspecified atom stereocenters. The number of carbonyl (C=O) groups is 1. The third-order valence-corrected chi connectivity index (χ3v) is 5.48. The quantitative estimate of drug-likeness (QED) is 0.835. The van der Waals surface area contributed by atoms with Crippen LogP contribution in [0.2, 0.25) is 0 Å². The number of urea groups is 1. The summed E-state index contributed by atoms with van der Waals surface area (Å²) in [6.07, 6.45) is 3.69. The van der Waals surface area contributed by atoms with E-state index in [0.29, 0.717) is 6.54 Å². The number of halogens is 1. The lowest BCUT2D eigenvalue weighted by molar-refractivity contribution is 0.234. The fraction of sp³-hybridized carbons (Fsp3) is 0.375. The van der Waals surface area contributed by atoms with Crippen molar-refractivity contribution in [2.24, 2.45) is 0 Å². The van der Waals surface area contributed by atoms with Crippen LogP contribution in [0.25, 0.3) is 0 Å². The molecule has 0 radical (unpaired) electrons. The number of aromatic nitrogens is 1. The molecule has 0 aliphatic carbocycles. The van der Waals surface area contributed by atoms with Crippen molar-refractivity contribution in [2.75, 3.05) is 18.0 Å². The highest BCUT2D eigenvalue weighted by atomic mass is 79.9. The van der Waals surface area contributed by atoms with E-state index in [1.54, 1.807) is 11.3 Å². The number of thiophene rings is 1. The second kappa shape index (κ2) is 7.79. The van der Waals surface area contributed by atoms with Crippen LogP contribution in [0.15, 0.2) is 40.3 Å². The minimum atomic E-state index is -0.0918. The highest BCUT2D eigenvalue weighted by Crippen LogP contribution is 2.21. The predicted octanol–water partition coefficient (Wildman–Crippen LogP) is 3.37. The second-order valence-corrected chi connectivity index (χ2v) is 8.03. The number of carbonyl (C=O) groups excluding carboxylic acids is 1. The lowest BCUT2D eigenvalue weighted by Gasteiger charge is -2.33. The number of nitrogens with zero attached hydrogens (tertiary/aromatic N) is 2. The van der Waals surface area contributed by atoms with Gasteiger partial charge in [-0.3, -0.25) is 0 Å². The smallest absolute Gasteiger partial charge is 0.315 e. The minimum Gasteiger partial charge on any atom is -0.356 e. The Morgan fingerprint density at radius 3 is 2.78 bits per heavy atom. The van der Waals surface area contributed by atoms with Gasteiger partial charge < -0.3 is 15.5 Å². The van der Waals surface area contributed by atoms with Crippen molar-refractivity contribution in [3.63, 3.8) is 0 Å². The third-order valence-electron chi connectivity index (χ3n) is 3.86. The zero-order chi connectivity index (χ0) is 16.1. The Hall–Kier alpha value is -1.60. The molecule has 0 saturated carbocycles. The van der Waals surface area contributed by atoms with Crippen molar-refractivity contribution in [1.82, 2.24) is 15.6 Å².